The molecule has 0 unspecified atom stereocenters. The van der Waals surface area contributed by atoms with Crippen LogP contribution in [-0.4, -0.2) is 28.6 Å². The first-order valence-electron chi connectivity index (χ1n) is 9.81. The molecule has 7 nitrogen and oxygen atoms in total. The zero-order chi connectivity index (χ0) is 21.7. The van der Waals surface area contributed by atoms with E-state index in [9.17, 15) is 9.59 Å². The molecule has 0 spiro atoms. The van der Waals surface area contributed by atoms with Crippen molar-refractivity contribution in [1.29, 1.82) is 5.26 Å². The summed E-state index contributed by atoms with van der Waals surface area (Å²) in [5.41, 5.74) is 1.52. The number of rotatable bonds is 8. The third kappa shape index (κ3) is 4.52. The van der Waals surface area contributed by atoms with Crippen LogP contribution in [0.25, 0.3) is 10.2 Å². The molecule has 0 aliphatic carbocycles. The lowest BCUT2D eigenvalue weighted by Crippen LogP contribution is -2.33. The molecule has 0 N–H and O–H groups in total. The Hall–Kier alpha value is -3.18. The van der Waals surface area contributed by atoms with E-state index in [-0.39, 0.29) is 30.9 Å². The summed E-state index contributed by atoms with van der Waals surface area (Å²) >= 11 is 1.50. The average molecular weight is 425 g/mol. The molecular formula is C22H24N4O3S. The van der Waals surface area contributed by atoms with E-state index in [1.807, 2.05) is 20.8 Å². The number of hydrogen-bond donors (Lipinski definition) is 0. The Bertz CT molecular complexity index is 1140. The normalized spacial score (nSPS) is 10.7. The van der Waals surface area contributed by atoms with Gasteiger partial charge in [-0.05, 0) is 50.6 Å². The number of nitriles is 1. The predicted octanol–water partition coefficient (Wildman–Crippen LogP) is 3.81. The van der Waals surface area contributed by atoms with Crippen molar-refractivity contribution in [2.45, 2.75) is 40.2 Å². The minimum Gasteiger partial charge on any atom is -0.494 e. The van der Waals surface area contributed by atoms with E-state index >= 15 is 0 Å². The van der Waals surface area contributed by atoms with Gasteiger partial charge in [0.15, 0.2) is 0 Å². The van der Waals surface area contributed by atoms with Crippen LogP contribution < -0.4 is 15.2 Å². The number of aryl methyl sites for hydroxylation is 3. The highest BCUT2D eigenvalue weighted by atomic mass is 32.1. The molecule has 1 amide bonds. The lowest BCUT2D eigenvalue weighted by Gasteiger charge is -2.22. The summed E-state index contributed by atoms with van der Waals surface area (Å²) in [6.45, 7) is 6.88. The summed E-state index contributed by atoms with van der Waals surface area (Å²) in [5, 5.41) is 9.60. The number of ether oxygens (including phenoxy) is 1. The minimum atomic E-state index is -0.153. The first-order chi connectivity index (χ1) is 14.5. The summed E-state index contributed by atoms with van der Waals surface area (Å²) in [7, 11) is 0. The number of fused-ring (bicyclic) bond motifs is 1. The smallest absolute Gasteiger partial charge is 0.262 e. The van der Waals surface area contributed by atoms with Gasteiger partial charge in [0.1, 0.15) is 10.6 Å². The maximum atomic E-state index is 12.9. The Morgan fingerprint density at radius 3 is 2.70 bits per heavy atom. The van der Waals surface area contributed by atoms with Gasteiger partial charge in [-0.2, -0.15) is 5.26 Å². The molecule has 1 aromatic carbocycles. The second-order valence-electron chi connectivity index (χ2n) is 6.84. The first-order valence-corrected chi connectivity index (χ1v) is 10.6. The number of amides is 1. The van der Waals surface area contributed by atoms with Crippen molar-refractivity contribution >= 4 is 33.1 Å². The minimum absolute atomic E-state index is 0.126. The second kappa shape index (κ2) is 9.55. The third-order valence-electron chi connectivity index (χ3n) is 4.93. The van der Waals surface area contributed by atoms with E-state index < -0.39 is 0 Å². The molecule has 0 saturated carbocycles. The molecule has 0 aliphatic rings. The van der Waals surface area contributed by atoms with E-state index in [2.05, 4.69) is 11.1 Å². The summed E-state index contributed by atoms with van der Waals surface area (Å²) in [6, 6.07) is 9.29. The van der Waals surface area contributed by atoms with Crippen LogP contribution in [0.5, 0.6) is 5.75 Å². The number of carbonyl (C=O) groups is 1. The van der Waals surface area contributed by atoms with Gasteiger partial charge in [0.2, 0.25) is 5.91 Å². The van der Waals surface area contributed by atoms with E-state index in [1.165, 1.54) is 22.2 Å². The van der Waals surface area contributed by atoms with Crippen molar-refractivity contribution in [1.82, 2.24) is 9.55 Å². The number of anilines is 1. The summed E-state index contributed by atoms with van der Waals surface area (Å²) < 4.78 is 6.93. The van der Waals surface area contributed by atoms with Gasteiger partial charge in [0.25, 0.3) is 5.56 Å². The Morgan fingerprint density at radius 2 is 2.03 bits per heavy atom. The maximum absolute atomic E-state index is 12.9. The number of carbonyl (C=O) groups excluding carboxylic acids is 1. The highest BCUT2D eigenvalue weighted by molar-refractivity contribution is 7.18. The highest BCUT2D eigenvalue weighted by Crippen LogP contribution is 2.25. The Kier molecular flexibility index (Phi) is 6.85. The number of hydrogen-bond acceptors (Lipinski definition) is 6. The Morgan fingerprint density at radius 1 is 1.30 bits per heavy atom. The average Bonchev–Trinajstić information content (AvgIpc) is 3.03. The van der Waals surface area contributed by atoms with Crippen molar-refractivity contribution in [2.75, 3.05) is 18.1 Å². The number of nitrogens with zero attached hydrogens (tertiary/aromatic N) is 4. The number of aromatic nitrogens is 2. The van der Waals surface area contributed by atoms with Crippen LogP contribution in [0.2, 0.25) is 0 Å². The second-order valence-corrected chi connectivity index (χ2v) is 8.04. The SMILES string of the molecule is CCOc1ccc(N(CCC#N)C(=O)CCn2cnc3sc(C)c(C)c3c2=O)cc1. The molecule has 0 aliphatic heterocycles. The first kappa shape index (κ1) is 21.5. The van der Waals surface area contributed by atoms with E-state index in [0.29, 0.717) is 24.2 Å². The van der Waals surface area contributed by atoms with E-state index in [0.717, 1.165) is 21.0 Å². The van der Waals surface area contributed by atoms with E-state index in [1.54, 1.807) is 29.2 Å². The van der Waals surface area contributed by atoms with Crippen LogP contribution in [0.4, 0.5) is 5.69 Å². The van der Waals surface area contributed by atoms with Crippen molar-refractivity contribution in [3.63, 3.8) is 0 Å². The largest absolute Gasteiger partial charge is 0.494 e. The molecule has 0 saturated heterocycles. The maximum Gasteiger partial charge on any atom is 0.262 e. The van der Waals surface area contributed by atoms with Gasteiger partial charge in [-0.1, -0.05) is 0 Å². The van der Waals surface area contributed by atoms with Gasteiger partial charge < -0.3 is 9.64 Å². The molecule has 0 fully saturated rings. The van der Waals surface area contributed by atoms with Gasteiger partial charge in [-0.15, -0.1) is 11.3 Å². The summed E-state index contributed by atoms with van der Waals surface area (Å²) in [6.07, 6.45) is 1.86. The zero-order valence-electron chi connectivity index (χ0n) is 17.3. The van der Waals surface area contributed by atoms with Gasteiger partial charge in [0, 0.05) is 30.1 Å². The fourth-order valence-corrected chi connectivity index (χ4v) is 4.22. The standard InChI is InChI=1S/C22H24N4O3S/c1-4-29-18-8-6-17(7-9-18)26(12-5-11-23)19(27)10-13-25-14-24-21-20(22(25)28)15(2)16(3)30-21/h6-9,14H,4-5,10,12-13H2,1-3H3. The third-order valence-corrected chi connectivity index (χ3v) is 6.05. The highest BCUT2D eigenvalue weighted by Gasteiger charge is 2.17. The van der Waals surface area contributed by atoms with Crippen LogP contribution in [-0.2, 0) is 11.3 Å². The van der Waals surface area contributed by atoms with Crippen molar-refractivity contribution in [2.24, 2.45) is 0 Å². The molecule has 0 bridgehead atoms. The van der Waals surface area contributed by atoms with Gasteiger partial charge >= 0.3 is 0 Å². The van der Waals surface area contributed by atoms with Gasteiger partial charge in [-0.3, -0.25) is 14.2 Å². The molecule has 0 radical (unpaired) electrons. The molecule has 3 aromatic rings. The topological polar surface area (TPSA) is 88.2 Å². The molecule has 8 heteroatoms. The molecule has 3 rings (SSSR count). The van der Waals surface area contributed by atoms with Crippen LogP contribution in [0.15, 0.2) is 35.4 Å². The van der Waals surface area contributed by atoms with Crippen molar-refractivity contribution < 1.29 is 9.53 Å². The van der Waals surface area contributed by atoms with Gasteiger partial charge in [-0.25, -0.2) is 4.98 Å². The molecule has 30 heavy (non-hydrogen) atoms. The van der Waals surface area contributed by atoms with Crippen molar-refractivity contribution in [3.8, 4) is 11.8 Å². The molecule has 0 atom stereocenters. The number of thiophene rings is 1. The summed E-state index contributed by atoms with van der Waals surface area (Å²) in [5.74, 6) is 0.570. The molecule has 2 aromatic heterocycles. The fourth-order valence-electron chi connectivity index (χ4n) is 3.23. The van der Waals surface area contributed by atoms with Gasteiger partial charge in [0.05, 0.1) is 30.8 Å². The molecular weight excluding hydrogens is 400 g/mol. The lowest BCUT2D eigenvalue weighted by atomic mass is 10.2. The molecule has 2 heterocycles. The summed E-state index contributed by atoms with van der Waals surface area (Å²) in [4.78, 5) is 33.5. The van der Waals surface area contributed by atoms with Crippen LogP contribution in [0.1, 0.15) is 30.2 Å². The molecule has 156 valence electrons. The fraction of sp³-hybridized carbons (Fsp3) is 0.364. The van der Waals surface area contributed by atoms with Crippen LogP contribution >= 0.6 is 11.3 Å². The van der Waals surface area contributed by atoms with E-state index in [4.69, 9.17) is 10.00 Å². The Balaban J connectivity index is 1.78. The Labute approximate surface area is 179 Å². The number of benzene rings is 1. The van der Waals surface area contributed by atoms with Crippen LogP contribution in [0, 0.1) is 25.2 Å². The zero-order valence-corrected chi connectivity index (χ0v) is 18.2. The monoisotopic (exact) mass is 424 g/mol. The van der Waals surface area contributed by atoms with Crippen molar-refractivity contribution in [3.05, 3.63) is 51.4 Å². The quantitative estimate of drug-likeness (QED) is 0.549. The predicted molar refractivity (Wildman–Crippen MR) is 118 cm³/mol. The lowest BCUT2D eigenvalue weighted by molar-refractivity contribution is -0.118. The van der Waals surface area contributed by atoms with Crippen LogP contribution in [0.3, 0.4) is 0 Å².